The number of carbonyl (C=O) groups excluding carboxylic acids is 1. The maximum atomic E-state index is 11.1. The van der Waals surface area contributed by atoms with Crippen LogP contribution in [-0.4, -0.2) is 36.8 Å². The van der Waals surface area contributed by atoms with E-state index in [-0.39, 0.29) is 12.0 Å². The number of rotatable bonds is 8. The maximum absolute atomic E-state index is 11.1. The Kier molecular flexibility index (Phi) is 8.17. The first-order valence-electron chi connectivity index (χ1n) is 4.97. The van der Waals surface area contributed by atoms with Gasteiger partial charge in [-0.15, -0.1) is 6.58 Å². The second-order valence-electron chi connectivity index (χ2n) is 3.12. The van der Waals surface area contributed by atoms with Gasteiger partial charge in [0, 0.05) is 13.1 Å². The molecule has 4 heteroatoms. The van der Waals surface area contributed by atoms with Crippen molar-refractivity contribution in [1.82, 2.24) is 10.6 Å². The molecule has 0 aromatic heterocycles. The molecule has 0 radical (unpaired) electrons. The molecule has 0 spiro atoms. The van der Waals surface area contributed by atoms with Crippen molar-refractivity contribution in [2.75, 3.05) is 19.6 Å². The van der Waals surface area contributed by atoms with Crippen molar-refractivity contribution in [3.05, 3.63) is 12.7 Å². The van der Waals surface area contributed by atoms with Crippen molar-refractivity contribution in [2.45, 2.75) is 25.9 Å². The van der Waals surface area contributed by atoms with E-state index in [1.54, 1.807) is 6.08 Å². The van der Waals surface area contributed by atoms with Crippen LogP contribution in [0.2, 0.25) is 0 Å². The molecule has 1 atom stereocenters. The third kappa shape index (κ3) is 7.76. The summed E-state index contributed by atoms with van der Waals surface area (Å²) >= 11 is 0. The van der Waals surface area contributed by atoms with Gasteiger partial charge < -0.3 is 15.7 Å². The third-order valence-electron chi connectivity index (χ3n) is 1.85. The molecule has 4 nitrogen and oxygen atoms in total. The Morgan fingerprint density at radius 1 is 1.64 bits per heavy atom. The Balaban J connectivity index is 3.30. The summed E-state index contributed by atoms with van der Waals surface area (Å²) in [5, 5.41) is 14.8. The van der Waals surface area contributed by atoms with Crippen LogP contribution in [0, 0.1) is 0 Å². The first kappa shape index (κ1) is 13.1. The molecule has 0 aromatic carbocycles. The largest absolute Gasteiger partial charge is 0.393 e. The Morgan fingerprint density at radius 3 is 2.93 bits per heavy atom. The van der Waals surface area contributed by atoms with Gasteiger partial charge in [-0.1, -0.05) is 13.0 Å². The lowest BCUT2D eigenvalue weighted by Gasteiger charge is -2.08. The summed E-state index contributed by atoms with van der Waals surface area (Å²) < 4.78 is 0. The van der Waals surface area contributed by atoms with Crippen LogP contribution < -0.4 is 10.6 Å². The smallest absolute Gasteiger partial charge is 0.233 e. The van der Waals surface area contributed by atoms with Gasteiger partial charge in [-0.2, -0.15) is 0 Å². The number of carbonyl (C=O) groups is 1. The summed E-state index contributed by atoms with van der Waals surface area (Å²) in [5.41, 5.74) is 0. The van der Waals surface area contributed by atoms with Gasteiger partial charge in [0.25, 0.3) is 0 Å². The van der Waals surface area contributed by atoms with E-state index < -0.39 is 0 Å². The number of aliphatic hydroxyl groups is 1. The first-order valence-corrected chi connectivity index (χ1v) is 4.97. The summed E-state index contributed by atoms with van der Waals surface area (Å²) in [6.07, 6.45) is 2.74. The van der Waals surface area contributed by atoms with Crippen LogP contribution in [0.25, 0.3) is 0 Å². The molecule has 14 heavy (non-hydrogen) atoms. The zero-order valence-corrected chi connectivity index (χ0v) is 8.75. The third-order valence-corrected chi connectivity index (χ3v) is 1.85. The van der Waals surface area contributed by atoms with E-state index in [1.807, 2.05) is 6.92 Å². The van der Waals surface area contributed by atoms with Gasteiger partial charge in [0.15, 0.2) is 0 Å². The number of nitrogens with one attached hydrogen (secondary N) is 2. The van der Waals surface area contributed by atoms with E-state index in [0.29, 0.717) is 26.1 Å². The highest BCUT2D eigenvalue weighted by Crippen LogP contribution is 1.93. The van der Waals surface area contributed by atoms with Crippen molar-refractivity contribution in [3.8, 4) is 0 Å². The normalized spacial score (nSPS) is 12.1. The van der Waals surface area contributed by atoms with Crippen LogP contribution in [0.4, 0.5) is 0 Å². The number of aliphatic hydroxyl groups excluding tert-OH is 1. The standard InChI is InChI=1S/C10H20N2O2/c1-3-6-11-8-10(14)12-7-5-9(13)4-2/h3,9,11,13H,1,4-8H2,2H3,(H,12,14). The second kappa shape index (κ2) is 8.72. The van der Waals surface area contributed by atoms with Crippen molar-refractivity contribution in [2.24, 2.45) is 0 Å². The van der Waals surface area contributed by atoms with Crippen LogP contribution in [0.5, 0.6) is 0 Å². The van der Waals surface area contributed by atoms with Crippen LogP contribution >= 0.6 is 0 Å². The highest BCUT2D eigenvalue weighted by molar-refractivity contribution is 5.77. The van der Waals surface area contributed by atoms with Crippen molar-refractivity contribution >= 4 is 5.91 Å². The molecule has 0 aliphatic heterocycles. The predicted octanol–water partition coefficient (Wildman–Crippen LogP) is 0.0392. The molecule has 1 amide bonds. The van der Waals surface area contributed by atoms with Gasteiger partial charge in [-0.05, 0) is 12.8 Å². The zero-order chi connectivity index (χ0) is 10.8. The number of hydrogen-bond donors (Lipinski definition) is 3. The SMILES string of the molecule is C=CCNCC(=O)NCCC(O)CC. The van der Waals surface area contributed by atoms with Gasteiger partial charge in [0.05, 0.1) is 12.6 Å². The minimum absolute atomic E-state index is 0.0462. The van der Waals surface area contributed by atoms with Gasteiger partial charge in [0.2, 0.25) is 5.91 Å². The Bertz CT molecular complexity index is 172. The van der Waals surface area contributed by atoms with Crippen molar-refractivity contribution in [3.63, 3.8) is 0 Å². The molecule has 0 aliphatic carbocycles. The van der Waals surface area contributed by atoms with Gasteiger partial charge >= 0.3 is 0 Å². The van der Waals surface area contributed by atoms with E-state index in [2.05, 4.69) is 17.2 Å². The van der Waals surface area contributed by atoms with Gasteiger partial charge in [-0.25, -0.2) is 0 Å². The maximum Gasteiger partial charge on any atom is 0.233 e. The molecule has 0 heterocycles. The fourth-order valence-electron chi connectivity index (χ4n) is 0.933. The monoisotopic (exact) mass is 200 g/mol. The quantitative estimate of drug-likeness (QED) is 0.383. The summed E-state index contributed by atoms with van der Waals surface area (Å²) in [4.78, 5) is 11.1. The Labute approximate surface area is 85.4 Å². The van der Waals surface area contributed by atoms with Crippen molar-refractivity contribution in [1.29, 1.82) is 0 Å². The lowest BCUT2D eigenvalue weighted by atomic mass is 10.2. The second-order valence-corrected chi connectivity index (χ2v) is 3.12. The van der Waals surface area contributed by atoms with E-state index in [4.69, 9.17) is 0 Å². The highest BCUT2D eigenvalue weighted by atomic mass is 16.3. The van der Waals surface area contributed by atoms with E-state index in [0.717, 1.165) is 6.42 Å². The van der Waals surface area contributed by atoms with Crippen molar-refractivity contribution < 1.29 is 9.90 Å². The Hall–Kier alpha value is -0.870. The highest BCUT2D eigenvalue weighted by Gasteiger charge is 2.02. The topological polar surface area (TPSA) is 61.4 Å². The van der Waals surface area contributed by atoms with Gasteiger partial charge in [0.1, 0.15) is 0 Å². The molecule has 0 aromatic rings. The molecule has 0 aliphatic rings. The van der Waals surface area contributed by atoms with E-state index in [9.17, 15) is 9.90 Å². The molecular formula is C10H20N2O2. The average Bonchev–Trinajstić information content (AvgIpc) is 2.18. The summed E-state index contributed by atoms with van der Waals surface area (Å²) in [6, 6.07) is 0. The fourth-order valence-corrected chi connectivity index (χ4v) is 0.933. The molecule has 0 saturated carbocycles. The van der Waals surface area contributed by atoms with Crippen LogP contribution in [0.15, 0.2) is 12.7 Å². The molecule has 0 bridgehead atoms. The molecule has 0 saturated heterocycles. The first-order chi connectivity index (χ1) is 6.70. The lowest BCUT2D eigenvalue weighted by molar-refractivity contribution is -0.120. The molecule has 82 valence electrons. The summed E-state index contributed by atoms with van der Waals surface area (Å²) in [5.74, 6) is -0.0462. The molecule has 3 N–H and O–H groups in total. The predicted molar refractivity (Wildman–Crippen MR) is 57.0 cm³/mol. The molecular weight excluding hydrogens is 180 g/mol. The summed E-state index contributed by atoms with van der Waals surface area (Å²) in [7, 11) is 0. The van der Waals surface area contributed by atoms with Crippen LogP contribution in [0.3, 0.4) is 0 Å². The fraction of sp³-hybridized carbons (Fsp3) is 0.700. The number of amides is 1. The Morgan fingerprint density at radius 2 is 2.36 bits per heavy atom. The zero-order valence-electron chi connectivity index (χ0n) is 8.75. The lowest BCUT2D eigenvalue weighted by Crippen LogP contribution is -2.35. The molecule has 1 unspecified atom stereocenters. The summed E-state index contributed by atoms with van der Waals surface area (Å²) in [6.45, 7) is 6.90. The molecule has 0 fully saturated rings. The minimum Gasteiger partial charge on any atom is -0.393 e. The number of hydrogen-bond acceptors (Lipinski definition) is 3. The minimum atomic E-state index is -0.309. The van der Waals surface area contributed by atoms with Gasteiger partial charge in [-0.3, -0.25) is 4.79 Å². The average molecular weight is 200 g/mol. The van der Waals surface area contributed by atoms with E-state index in [1.165, 1.54) is 0 Å². The van der Waals surface area contributed by atoms with Crippen LogP contribution in [-0.2, 0) is 4.79 Å². The molecule has 0 rings (SSSR count). The van der Waals surface area contributed by atoms with Crippen LogP contribution in [0.1, 0.15) is 19.8 Å². The van der Waals surface area contributed by atoms with E-state index >= 15 is 0 Å².